The average molecular weight is 267 g/mol. The Kier molecular flexibility index (Phi) is 3.17. The van der Waals surface area contributed by atoms with Crippen LogP contribution >= 0.6 is 0 Å². The van der Waals surface area contributed by atoms with Gasteiger partial charge in [-0.2, -0.15) is 13.2 Å². The maximum atomic E-state index is 12.8. The van der Waals surface area contributed by atoms with Gasteiger partial charge in [-0.05, 0) is 34.6 Å². The summed E-state index contributed by atoms with van der Waals surface area (Å²) in [5.41, 5.74) is -2.58. The lowest BCUT2D eigenvalue weighted by molar-refractivity contribution is -0.240. The highest BCUT2D eigenvalue weighted by molar-refractivity contribution is 6.01. The lowest BCUT2D eigenvalue weighted by Gasteiger charge is -2.51. The Hall–Kier alpha value is -1.27. The second-order valence-corrected chi connectivity index (χ2v) is 5.82. The lowest BCUT2D eigenvalue weighted by Crippen LogP contribution is -2.73. The predicted molar refractivity (Wildman–Crippen MR) is 56.7 cm³/mol. The van der Waals surface area contributed by atoms with Crippen LogP contribution in [0.1, 0.15) is 34.6 Å². The summed E-state index contributed by atoms with van der Waals surface area (Å²) in [6.07, 6.45) is -5.91. The van der Waals surface area contributed by atoms with Gasteiger partial charge in [0, 0.05) is 0 Å². The first-order valence-corrected chi connectivity index (χ1v) is 5.42. The molecule has 0 spiro atoms. The smallest absolute Gasteiger partial charge is 0.417 e. The first-order valence-electron chi connectivity index (χ1n) is 5.42. The molecule has 1 aliphatic rings. The van der Waals surface area contributed by atoms with Crippen molar-refractivity contribution >= 4 is 12.0 Å². The minimum Gasteiger partial charge on any atom is -0.443 e. The van der Waals surface area contributed by atoms with Crippen LogP contribution in [-0.2, 0) is 9.53 Å². The van der Waals surface area contributed by atoms with Gasteiger partial charge in [-0.25, -0.2) is 9.69 Å². The molecular weight excluding hydrogens is 251 g/mol. The van der Waals surface area contributed by atoms with Crippen molar-refractivity contribution < 1.29 is 27.5 Å². The van der Waals surface area contributed by atoms with Crippen molar-refractivity contribution in [2.24, 2.45) is 5.41 Å². The Morgan fingerprint density at radius 1 is 1.28 bits per heavy atom. The van der Waals surface area contributed by atoms with Crippen LogP contribution in [0, 0.1) is 5.41 Å². The van der Waals surface area contributed by atoms with Gasteiger partial charge in [-0.1, -0.05) is 0 Å². The molecule has 0 bridgehead atoms. The zero-order valence-corrected chi connectivity index (χ0v) is 10.9. The molecule has 0 aromatic rings. The molecule has 1 fully saturated rings. The molecule has 1 heterocycles. The van der Waals surface area contributed by atoms with Gasteiger partial charge in [-0.3, -0.25) is 4.79 Å². The van der Waals surface area contributed by atoms with Crippen LogP contribution in [0.4, 0.5) is 18.0 Å². The summed E-state index contributed by atoms with van der Waals surface area (Å²) in [4.78, 5) is 23.3. The molecule has 1 atom stereocenters. The Morgan fingerprint density at radius 2 is 1.72 bits per heavy atom. The maximum Gasteiger partial charge on any atom is 0.417 e. The molecule has 0 radical (unpaired) electrons. The molecule has 104 valence electrons. The third-order valence-electron chi connectivity index (χ3n) is 2.61. The summed E-state index contributed by atoms with van der Waals surface area (Å²) in [6, 6.07) is -2.13. The molecule has 1 saturated heterocycles. The van der Waals surface area contributed by atoms with Crippen molar-refractivity contribution in [2.45, 2.75) is 52.4 Å². The normalized spacial score (nSPS) is 23.7. The van der Waals surface area contributed by atoms with Crippen molar-refractivity contribution in [3.8, 4) is 0 Å². The number of rotatable bonds is 0. The van der Waals surface area contributed by atoms with Crippen LogP contribution in [0.5, 0.6) is 0 Å². The molecule has 0 aromatic carbocycles. The lowest BCUT2D eigenvalue weighted by atomic mass is 9.73. The first-order chi connectivity index (χ1) is 7.78. The van der Waals surface area contributed by atoms with E-state index in [0.29, 0.717) is 0 Å². The van der Waals surface area contributed by atoms with Crippen LogP contribution in [0.25, 0.3) is 0 Å². The Morgan fingerprint density at radius 3 is 2.06 bits per heavy atom. The molecular formula is C11H16F3NO3. The van der Waals surface area contributed by atoms with E-state index in [1.165, 1.54) is 20.8 Å². The van der Waals surface area contributed by atoms with Crippen LogP contribution < -0.4 is 0 Å². The van der Waals surface area contributed by atoms with E-state index in [4.69, 9.17) is 4.74 Å². The highest BCUT2D eigenvalue weighted by Crippen LogP contribution is 2.47. The summed E-state index contributed by atoms with van der Waals surface area (Å²) >= 11 is 0. The van der Waals surface area contributed by atoms with Gasteiger partial charge >= 0.3 is 12.3 Å². The van der Waals surface area contributed by atoms with Crippen LogP contribution in [0.15, 0.2) is 0 Å². The highest BCUT2D eigenvalue weighted by Gasteiger charge is 2.68. The number of hydrogen-bond donors (Lipinski definition) is 0. The van der Waals surface area contributed by atoms with Crippen molar-refractivity contribution in [2.75, 3.05) is 0 Å². The van der Waals surface area contributed by atoms with E-state index < -0.39 is 35.2 Å². The van der Waals surface area contributed by atoms with Gasteiger partial charge in [0.1, 0.15) is 5.60 Å². The van der Waals surface area contributed by atoms with Crippen LogP contribution in [-0.4, -0.2) is 34.7 Å². The number of carbonyl (C=O) groups excluding carboxylic acids is 2. The van der Waals surface area contributed by atoms with E-state index in [0.717, 1.165) is 13.8 Å². The summed E-state index contributed by atoms with van der Waals surface area (Å²) in [6.45, 7) is 6.87. The molecule has 18 heavy (non-hydrogen) atoms. The van der Waals surface area contributed by atoms with Gasteiger partial charge in [0.15, 0.2) is 6.04 Å². The predicted octanol–water partition coefficient (Wildman–Crippen LogP) is 2.72. The van der Waals surface area contributed by atoms with Crippen molar-refractivity contribution in [1.29, 1.82) is 0 Å². The molecule has 4 nitrogen and oxygen atoms in total. The van der Waals surface area contributed by atoms with Gasteiger partial charge in [0.05, 0.1) is 5.41 Å². The number of nitrogens with zero attached hydrogens (tertiary/aromatic N) is 1. The molecule has 0 N–H and O–H groups in total. The fourth-order valence-corrected chi connectivity index (χ4v) is 1.86. The quantitative estimate of drug-likeness (QED) is 0.634. The summed E-state index contributed by atoms with van der Waals surface area (Å²) in [5, 5.41) is 0. The number of hydrogen-bond acceptors (Lipinski definition) is 3. The topological polar surface area (TPSA) is 46.6 Å². The zero-order chi connectivity index (χ0) is 14.5. The number of likely N-dealkylation sites (tertiary alicyclic amines) is 1. The van der Waals surface area contributed by atoms with Gasteiger partial charge in [0.2, 0.25) is 5.91 Å². The fourth-order valence-electron chi connectivity index (χ4n) is 1.86. The molecule has 0 aromatic heterocycles. The van der Waals surface area contributed by atoms with Gasteiger partial charge < -0.3 is 4.74 Å². The fraction of sp³-hybridized carbons (Fsp3) is 0.818. The maximum absolute atomic E-state index is 12.8. The van der Waals surface area contributed by atoms with Crippen molar-refractivity contribution in [1.82, 2.24) is 4.90 Å². The number of amides is 2. The third kappa shape index (κ3) is 2.44. The molecule has 0 saturated carbocycles. The zero-order valence-electron chi connectivity index (χ0n) is 10.9. The van der Waals surface area contributed by atoms with E-state index in [1.54, 1.807) is 0 Å². The number of alkyl halides is 3. The average Bonchev–Trinajstić information content (AvgIpc) is 2.07. The van der Waals surface area contributed by atoms with Crippen molar-refractivity contribution in [3.63, 3.8) is 0 Å². The van der Waals surface area contributed by atoms with Crippen LogP contribution in [0.2, 0.25) is 0 Å². The number of ether oxygens (including phenoxy) is 1. The van der Waals surface area contributed by atoms with E-state index >= 15 is 0 Å². The SMILES string of the molecule is CC(C)(C)OC(=O)N1C(=O)C(C)(C)[C@@H]1C(F)(F)F. The Bertz CT molecular complexity index is 382. The number of carbonyl (C=O) groups is 2. The number of halogens is 3. The first kappa shape index (κ1) is 14.8. The number of imide groups is 1. The monoisotopic (exact) mass is 267 g/mol. The largest absolute Gasteiger partial charge is 0.443 e. The van der Waals surface area contributed by atoms with Gasteiger partial charge in [-0.15, -0.1) is 0 Å². The molecule has 0 unspecified atom stereocenters. The summed E-state index contributed by atoms with van der Waals surface area (Å²) < 4.78 is 43.2. The molecule has 1 aliphatic heterocycles. The molecule has 0 aliphatic carbocycles. The van der Waals surface area contributed by atoms with Crippen LogP contribution in [0.3, 0.4) is 0 Å². The summed E-state index contributed by atoms with van der Waals surface area (Å²) in [7, 11) is 0. The van der Waals surface area contributed by atoms with E-state index in [9.17, 15) is 22.8 Å². The minimum absolute atomic E-state index is 0.144. The standard InChI is InChI=1S/C11H16F3NO3/c1-9(2,3)18-8(17)15-6(11(12,13)14)10(4,5)7(15)16/h6H,1-5H3/t6-/m1/s1. The second kappa shape index (κ2) is 3.86. The number of β-lactam (4-membered cyclic amide) rings is 1. The van der Waals surface area contributed by atoms with Crippen molar-refractivity contribution in [3.05, 3.63) is 0 Å². The van der Waals surface area contributed by atoms with Gasteiger partial charge in [0.25, 0.3) is 0 Å². The highest BCUT2D eigenvalue weighted by atomic mass is 19.4. The molecule has 7 heteroatoms. The Balaban J connectivity index is 2.96. The van der Waals surface area contributed by atoms with E-state index in [2.05, 4.69) is 0 Å². The van der Waals surface area contributed by atoms with E-state index in [1.807, 2.05) is 0 Å². The minimum atomic E-state index is -4.66. The Labute approximate surface area is 103 Å². The summed E-state index contributed by atoms with van der Waals surface area (Å²) in [5.74, 6) is -0.876. The second-order valence-electron chi connectivity index (χ2n) is 5.82. The van der Waals surface area contributed by atoms with E-state index in [-0.39, 0.29) is 4.90 Å². The molecule has 1 rings (SSSR count). The third-order valence-corrected chi connectivity index (χ3v) is 2.61. The molecule has 2 amide bonds.